The highest BCUT2D eigenvalue weighted by molar-refractivity contribution is 6.34. The Hall–Kier alpha value is -3.95. The maximum atomic E-state index is 12.9. The molecule has 2 aromatic carbocycles. The van der Waals surface area contributed by atoms with Crippen molar-refractivity contribution in [1.29, 1.82) is 0 Å². The molecule has 0 unspecified atom stereocenters. The number of halogens is 1. The van der Waals surface area contributed by atoms with Crippen LogP contribution in [0.15, 0.2) is 61.3 Å². The van der Waals surface area contributed by atoms with E-state index in [0.717, 1.165) is 24.1 Å². The summed E-state index contributed by atoms with van der Waals surface area (Å²) in [5, 5.41) is 15.5. The van der Waals surface area contributed by atoms with Crippen molar-refractivity contribution in [3.05, 3.63) is 88.7 Å². The first kappa shape index (κ1) is 25.2. The number of rotatable bonds is 8. The zero-order valence-corrected chi connectivity index (χ0v) is 20.6. The summed E-state index contributed by atoms with van der Waals surface area (Å²) in [6, 6.07) is 12.8. The first-order chi connectivity index (χ1) is 17.3. The van der Waals surface area contributed by atoms with Crippen LogP contribution in [0.1, 0.15) is 38.4 Å². The minimum absolute atomic E-state index is 0.0567. The maximum Gasteiger partial charge on any atom is 0.271 e. The van der Waals surface area contributed by atoms with Gasteiger partial charge < -0.3 is 16.0 Å². The Bertz CT molecular complexity index is 1280. The second-order valence-electron chi connectivity index (χ2n) is 8.63. The summed E-state index contributed by atoms with van der Waals surface area (Å²) in [6.07, 6.45) is 3.42. The summed E-state index contributed by atoms with van der Waals surface area (Å²) in [5.74, 6) is -1.01. The lowest BCUT2D eigenvalue weighted by atomic mass is 10.1. The molecule has 0 spiro atoms. The van der Waals surface area contributed by atoms with Crippen LogP contribution in [0, 0.1) is 6.92 Å². The number of carbonyl (C=O) groups is 3. The van der Waals surface area contributed by atoms with Gasteiger partial charge in [0.15, 0.2) is 0 Å². The molecule has 2 heterocycles. The SMILES string of the molecule is C=CC(=O)Nc1cccc(CN2CC[C@@H](NC(=O)c3[nH]ncc3NC(=O)c3c(C)cccc3Cl)C2)c1. The normalized spacial score (nSPS) is 15.3. The fourth-order valence-electron chi connectivity index (χ4n) is 4.21. The zero-order valence-electron chi connectivity index (χ0n) is 19.8. The third-order valence-corrected chi connectivity index (χ3v) is 6.27. The highest BCUT2D eigenvalue weighted by Gasteiger charge is 2.26. The average molecular weight is 507 g/mol. The van der Waals surface area contributed by atoms with E-state index in [0.29, 0.717) is 29.4 Å². The first-order valence-corrected chi connectivity index (χ1v) is 11.9. The quantitative estimate of drug-likeness (QED) is 0.347. The van der Waals surface area contributed by atoms with E-state index in [4.69, 9.17) is 11.6 Å². The number of anilines is 2. The molecular formula is C26H27ClN6O3. The van der Waals surface area contributed by atoms with Crippen molar-refractivity contribution in [2.24, 2.45) is 0 Å². The molecule has 4 N–H and O–H groups in total. The Morgan fingerprint density at radius 3 is 2.78 bits per heavy atom. The van der Waals surface area contributed by atoms with Gasteiger partial charge in [-0.15, -0.1) is 0 Å². The number of aryl methyl sites for hydroxylation is 1. The Balaban J connectivity index is 1.34. The van der Waals surface area contributed by atoms with Gasteiger partial charge in [-0.3, -0.25) is 24.4 Å². The summed E-state index contributed by atoms with van der Waals surface area (Å²) >= 11 is 6.20. The molecule has 0 saturated carbocycles. The average Bonchev–Trinajstić information content (AvgIpc) is 3.48. The molecule has 186 valence electrons. The Labute approximate surface area is 213 Å². The van der Waals surface area contributed by atoms with Gasteiger partial charge in [-0.2, -0.15) is 5.10 Å². The Kier molecular flexibility index (Phi) is 7.82. The Morgan fingerprint density at radius 1 is 1.19 bits per heavy atom. The van der Waals surface area contributed by atoms with Crippen LogP contribution < -0.4 is 16.0 Å². The van der Waals surface area contributed by atoms with E-state index in [2.05, 4.69) is 37.6 Å². The number of carbonyl (C=O) groups excluding carboxylic acids is 3. The lowest BCUT2D eigenvalue weighted by Gasteiger charge is -2.17. The molecule has 10 heteroatoms. The van der Waals surface area contributed by atoms with Crippen molar-refractivity contribution in [2.75, 3.05) is 23.7 Å². The molecule has 3 amide bonds. The van der Waals surface area contributed by atoms with Crippen molar-refractivity contribution in [3.63, 3.8) is 0 Å². The van der Waals surface area contributed by atoms with Gasteiger partial charge in [0.25, 0.3) is 11.8 Å². The predicted molar refractivity (Wildman–Crippen MR) is 139 cm³/mol. The topological polar surface area (TPSA) is 119 Å². The molecule has 3 aromatic rings. The van der Waals surface area contributed by atoms with Crippen molar-refractivity contribution in [2.45, 2.75) is 25.9 Å². The molecule has 1 saturated heterocycles. The minimum Gasteiger partial charge on any atom is -0.347 e. The van der Waals surface area contributed by atoms with Crippen molar-refractivity contribution < 1.29 is 14.4 Å². The Morgan fingerprint density at radius 2 is 2.00 bits per heavy atom. The van der Waals surface area contributed by atoms with Gasteiger partial charge >= 0.3 is 0 Å². The smallest absolute Gasteiger partial charge is 0.271 e. The fourth-order valence-corrected chi connectivity index (χ4v) is 4.52. The summed E-state index contributed by atoms with van der Waals surface area (Å²) < 4.78 is 0. The zero-order chi connectivity index (χ0) is 25.7. The number of hydrogen-bond donors (Lipinski definition) is 4. The number of nitrogens with zero attached hydrogens (tertiary/aromatic N) is 2. The molecule has 9 nitrogen and oxygen atoms in total. The van der Waals surface area contributed by atoms with E-state index in [1.165, 1.54) is 12.3 Å². The first-order valence-electron chi connectivity index (χ1n) is 11.5. The van der Waals surface area contributed by atoms with Crippen molar-refractivity contribution >= 4 is 40.7 Å². The molecule has 1 aromatic heterocycles. The summed E-state index contributed by atoms with van der Waals surface area (Å²) in [6.45, 7) is 7.43. The number of likely N-dealkylation sites (tertiary alicyclic amines) is 1. The van der Waals surface area contributed by atoms with Gasteiger partial charge in [-0.05, 0) is 48.7 Å². The molecule has 4 rings (SSSR count). The molecule has 1 fully saturated rings. The van der Waals surface area contributed by atoms with Crippen LogP contribution in [0.3, 0.4) is 0 Å². The number of aromatic nitrogens is 2. The van der Waals surface area contributed by atoms with Crippen LogP contribution >= 0.6 is 11.6 Å². The van der Waals surface area contributed by atoms with Crippen LogP contribution in [-0.2, 0) is 11.3 Å². The molecule has 36 heavy (non-hydrogen) atoms. The number of benzene rings is 2. The van der Waals surface area contributed by atoms with E-state index in [1.807, 2.05) is 24.3 Å². The van der Waals surface area contributed by atoms with E-state index >= 15 is 0 Å². The lowest BCUT2D eigenvalue weighted by Crippen LogP contribution is -2.37. The molecule has 0 bridgehead atoms. The van der Waals surface area contributed by atoms with Gasteiger partial charge in [0, 0.05) is 31.4 Å². The maximum absolute atomic E-state index is 12.9. The van der Waals surface area contributed by atoms with E-state index in [9.17, 15) is 14.4 Å². The molecular weight excluding hydrogens is 480 g/mol. The number of aromatic amines is 1. The van der Waals surface area contributed by atoms with Crippen LogP contribution in [-0.4, -0.2) is 52.0 Å². The summed E-state index contributed by atoms with van der Waals surface area (Å²) in [7, 11) is 0. The van der Waals surface area contributed by atoms with Gasteiger partial charge in [-0.1, -0.05) is 42.4 Å². The summed E-state index contributed by atoms with van der Waals surface area (Å²) in [5.41, 5.74) is 3.31. The van der Waals surface area contributed by atoms with Crippen LogP contribution in [0.2, 0.25) is 5.02 Å². The molecule has 0 radical (unpaired) electrons. The number of H-pyrrole nitrogens is 1. The van der Waals surface area contributed by atoms with Crippen molar-refractivity contribution in [1.82, 2.24) is 20.4 Å². The highest BCUT2D eigenvalue weighted by Crippen LogP contribution is 2.22. The van der Waals surface area contributed by atoms with Gasteiger partial charge in [0.05, 0.1) is 22.5 Å². The van der Waals surface area contributed by atoms with Gasteiger partial charge in [-0.25, -0.2) is 0 Å². The standard InChI is InChI=1S/C26H27ClN6O3/c1-3-22(34)29-18-8-5-7-17(12-18)14-33-11-10-19(15-33)30-26(36)24-21(13-28-32-24)31-25(35)23-16(2)6-4-9-20(23)27/h3-9,12-13,19H,1,10-11,14-15H2,2H3,(H,28,32)(H,29,34)(H,30,36)(H,31,35)/t19-/m1/s1. The largest absolute Gasteiger partial charge is 0.347 e. The predicted octanol–water partition coefficient (Wildman–Crippen LogP) is 3.75. The van der Waals surface area contributed by atoms with E-state index in [-0.39, 0.29) is 29.2 Å². The van der Waals surface area contributed by atoms with E-state index in [1.54, 1.807) is 25.1 Å². The van der Waals surface area contributed by atoms with Crippen molar-refractivity contribution in [3.8, 4) is 0 Å². The second-order valence-corrected chi connectivity index (χ2v) is 9.04. The number of amides is 3. The lowest BCUT2D eigenvalue weighted by molar-refractivity contribution is -0.111. The van der Waals surface area contributed by atoms with Gasteiger partial charge in [0.2, 0.25) is 5.91 Å². The molecule has 1 aliphatic heterocycles. The third-order valence-electron chi connectivity index (χ3n) is 5.96. The molecule has 1 atom stereocenters. The fraction of sp³-hybridized carbons (Fsp3) is 0.231. The van der Waals surface area contributed by atoms with E-state index < -0.39 is 5.91 Å². The van der Waals surface area contributed by atoms with Crippen LogP contribution in [0.5, 0.6) is 0 Å². The number of nitrogens with one attached hydrogen (secondary N) is 4. The monoisotopic (exact) mass is 506 g/mol. The number of hydrogen-bond acceptors (Lipinski definition) is 5. The second kappa shape index (κ2) is 11.2. The van der Waals surface area contributed by atoms with Crippen LogP contribution in [0.4, 0.5) is 11.4 Å². The van der Waals surface area contributed by atoms with Gasteiger partial charge in [0.1, 0.15) is 5.69 Å². The summed E-state index contributed by atoms with van der Waals surface area (Å²) in [4.78, 5) is 39.5. The molecule has 0 aliphatic carbocycles. The molecule has 1 aliphatic rings. The third kappa shape index (κ3) is 5.99. The minimum atomic E-state index is -0.410. The highest BCUT2D eigenvalue weighted by atomic mass is 35.5. The van der Waals surface area contributed by atoms with Crippen LogP contribution in [0.25, 0.3) is 0 Å².